The van der Waals surface area contributed by atoms with Crippen LogP contribution in [0.1, 0.15) is 39.2 Å². The SMILES string of the molecule is CCN(CCc1c[nH]c2ccc(OC(C=O)CCC(=O)O)cc12)C(C)C. The van der Waals surface area contributed by atoms with E-state index in [2.05, 4.69) is 30.7 Å². The molecule has 0 amide bonds. The molecule has 142 valence electrons. The number of carboxylic acids is 1. The number of fused-ring (bicyclic) bond motifs is 1. The van der Waals surface area contributed by atoms with Crippen LogP contribution in [0.3, 0.4) is 0 Å². The molecule has 2 rings (SSSR count). The van der Waals surface area contributed by atoms with E-state index in [4.69, 9.17) is 9.84 Å². The fraction of sp³-hybridized carbons (Fsp3) is 0.500. The lowest BCUT2D eigenvalue weighted by atomic mass is 10.1. The zero-order valence-electron chi connectivity index (χ0n) is 15.7. The van der Waals surface area contributed by atoms with Gasteiger partial charge in [0.05, 0.1) is 0 Å². The molecule has 1 atom stereocenters. The van der Waals surface area contributed by atoms with Crippen molar-refractivity contribution >= 4 is 23.2 Å². The molecule has 0 aliphatic heterocycles. The van der Waals surface area contributed by atoms with E-state index in [0.717, 1.165) is 30.4 Å². The number of likely N-dealkylation sites (N-methyl/N-ethyl adjacent to an activating group) is 1. The molecule has 0 fully saturated rings. The number of benzene rings is 1. The number of aldehydes is 1. The predicted octanol–water partition coefficient (Wildman–Crippen LogP) is 3.25. The largest absolute Gasteiger partial charge is 0.483 e. The minimum absolute atomic E-state index is 0.0941. The van der Waals surface area contributed by atoms with Gasteiger partial charge in [0.15, 0.2) is 12.4 Å². The Hall–Kier alpha value is -2.34. The highest BCUT2D eigenvalue weighted by Gasteiger charge is 2.14. The Balaban J connectivity index is 2.11. The number of hydrogen-bond donors (Lipinski definition) is 2. The van der Waals surface area contributed by atoms with Gasteiger partial charge in [0.25, 0.3) is 0 Å². The van der Waals surface area contributed by atoms with Gasteiger partial charge < -0.3 is 19.7 Å². The van der Waals surface area contributed by atoms with Crippen LogP contribution in [0, 0.1) is 0 Å². The summed E-state index contributed by atoms with van der Waals surface area (Å²) >= 11 is 0. The van der Waals surface area contributed by atoms with Gasteiger partial charge in [0.1, 0.15) is 5.75 Å². The van der Waals surface area contributed by atoms with Gasteiger partial charge in [-0.25, -0.2) is 0 Å². The van der Waals surface area contributed by atoms with E-state index in [1.807, 2.05) is 18.3 Å². The number of carbonyl (C=O) groups is 2. The van der Waals surface area contributed by atoms with Gasteiger partial charge in [0, 0.05) is 42.5 Å². The van der Waals surface area contributed by atoms with Crippen LogP contribution in [-0.2, 0) is 16.0 Å². The normalized spacial score (nSPS) is 12.7. The Morgan fingerprint density at radius 2 is 2.15 bits per heavy atom. The number of rotatable bonds is 11. The molecular formula is C20H28N2O4. The molecule has 26 heavy (non-hydrogen) atoms. The van der Waals surface area contributed by atoms with Crippen LogP contribution in [0.25, 0.3) is 10.9 Å². The standard InChI is InChI=1S/C20H28N2O4/c1-4-22(14(2)3)10-9-15-12-21-19-7-5-16(11-18(15)19)26-17(13-23)6-8-20(24)25/h5,7,11-14,17,21H,4,6,8-10H2,1-3H3,(H,24,25). The number of nitrogens with one attached hydrogen (secondary N) is 1. The van der Waals surface area contributed by atoms with E-state index in [0.29, 0.717) is 18.1 Å². The van der Waals surface area contributed by atoms with Crippen LogP contribution in [-0.4, -0.2) is 52.5 Å². The number of H-pyrrole nitrogens is 1. The molecule has 0 saturated carbocycles. The van der Waals surface area contributed by atoms with Crippen LogP contribution in [0.4, 0.5) is 0 Å². The summed E-state index contributed by atoms with van der Waals surface area (Å²) in [5, 5.41) is 9.83. The van der Waals surface area contributed by atoms with Gasteiger partial charge in [-0.05, 0) is 50.6 Å². The number of carbonyl (C=O) groups excluding carboxylic acids is 1. The van der Waals surface area contributed by atoms with E-state index >= 15 is 0 Å². The van der Waals surface area contributed by atoms with Crippen molar-refractivity contribution in [2.75, 3.05) is 13.1 Å². The first-order chi connectivity index (χ1) is 12.4. The van der Waals surface area contributed by atoms with Gasteiger partial charge in [-0.3, -0.25) is 9.59 Å². The minimum Gasteiger partial charge on any atom is -0.483 e. The highest BCUT2D eigenvalue weighted by Crippen LogP contribution is 2.25. The maximum absolute atomic E-state index is 11.1. The lowest BCUT2D eigenvalue weighted by Crippen LogP contribution is -2.32. The molecule has 6 heteroatoms. The van der Waals surface area contributed by atoms with Crippen LogP contribution in [0.5, 0.6) is 5.75 Å². The minimum atomic E-state index is -0.936. The van der Waals surface area contributed by atoms with Crippen molar-refractivity contribution < 1.29 is 19.4 Å². The summed E-state index contributed by atoms with van der Waals surface area (Å²) in [7, 11) is 0. The number of aliphatic carboxylic acids is 1. The summed E-state index contributed by atoms with van der Waals surface area (Å²) in [6.45, 7) is 8.54. The highest BCUT2D eigenvalue weighted by molar-refractivity contribution is 5.84. The molecule has 6 nitrogen and oxygen atoms in total. The summed E-state index contributed by atoms with van der Waals surface area (Å²) in [5.74, 6) is -0.355. The molecule has 1 heterocycles. The van der Waals surface area contributed by atoms with Gasteiger partial charge in [0.2, 0.25) is 0 Å². The second-order valence-corrected chi connectivity index (χ2v) is 6.72. The number of ether oxygens (including phenoxy) is 1. The van der Waals surface area contributed by atoms with Crippen molar-refractivity contribution in [2.45, 2.75) is 52.2 Å². The summed E-state index contributed by atoms with van der Waals surface area (Å²) < 4.78 is 5.68. The van der Waals surface area contributed by atoms with Crippen molar-refractivity contribution in [1.82, 2.24) is 9.88 Å². The number of aromatic amines is 1. The molecule has 0 spiro atoms. The Labute approximate surface area is 154 Å². The molecule has 0 aliphatic carbocycles. The van der Waals surface area contributed by atoms with Crippen LogP contribution in [0.2, 0.25) is 0 Å². The lowest BCUT2D eigenvalue weighted by molar-refractivity contribution is -0.137. The average molecular weight is 360 g/mol. The fourth-order valence-electron chi connectivity index (χ4n) is 3.08. The first-order valence-corrected chi connectivity index (χ1v) is 9.12. The van der Waals surface area contributed by atoms with Gasteiger partial charge in [-0.2, -0.15) is 0 Å². The second kappa shape index (κ2) is 9.38. The topological polar surface area (TPSA) is 82.6 Å². The van der Waals surface area contributed by atoms with Crippen LogP contribution < -0.4 is 4.74 Å². The number of nitrogens with zero attached hydrogens (tertiary/aromatic N) is 1. The van der Waals surface area contributed by atoms with Crippen LogP contribution >= 0.6 is 0 Å². The first kappa shape index (κ1) is 20.0. The Morgan fingerprint density at radius 3 is 2.77 bits per heavy atom. The van der Waals surface area contributed by atoms with Crippen molar-refractivity contribution in [3.05, 3.63) is 30.0 Å². The summed E-state index contributed by atoms with van der Waals surface area (Å²) in [4.78, 5) is 27.5. The van der Waals surface area contributed by atoms with Gasteiger partial charge >= 0.3 is 5.97 Å². The lowest BCUT2D eigenvalue weighted by Gasteiger charge is -2.24. The van der Waals surface area contributed by atoms with Crippen LogP contribution in [0.15, 0.2) is 24.4 Å². The summed E-state index contributed by atoms with van der Waals surface area (Å²) in [6.07, 6.45) is 2.92. The Morgan fingerprint density at radius 1 is 1.38 bits per heavy atom. The van der Waals surface area contributed by atoms with Crippen molar-refractivity contribution in [3.8, 4) is 5.75 Å². The monoisotopic (exact) mass is 360 g/mol. The molecule has 1 aromatic heterocycles. The van der Waals surface area contributed by atoms with Crippen molar-refractivity contribution in [1.29, 1.82) is 0 Å². The van der Waals surface area contributed by atoms with Crippen molar-refractivity contribution in [2.24, 2.45) is 0 Å². The smallest absolute Gasteiger partial charge is 0.303 e. The highest BCUT2D eigenvalue weighted by atomic mass is 16.5. The quantitative estimate of drug-likeness (QED) is 0.601. The average Bonchev–Trinajstić information content (AvgIpc) is 3.01. The molecule has 0 radical (unpaired) electrons. The van der Waals surface area contributed by atoms with E-state index in [1.165, 1.54) is 5.56 Å². The molecule has 1 aromatic carbocycles. The van der Waals surface area contributed by atoms with E-state index < -0.39 is 12.1 Å². The van der Waals surface area contributed by atoms with E-state index in [-0.39, 0.29) is 12.8 Å². The van der Waals surface area contributed by atoms with E-state index in [9.17, 15) is 9.59 Å². The number of carboxylic acid groups (broad SMARTS) is 1. The molecule has 2 aromatic rings. The third kappa shape index (κ3) is 5.33. The molecule has 0 aliphatic rings. The molecule has 1 unspecified atom stereocenters. The predicted molar refractivity (Wildman–Crippen MR) is 102 cm³/mol. The fourth-order valence-corrected chi connectivity index (χ4v) is 3.08. The molecular weight excluding hydrogens is 332 g/mol. The van der Waals surface area contributed by atoms with Crippen molar-refractivity contribution in [3.63, 3.8) is 0 Å². The summed E-state index contributed by atoms with van der Waals surface area (Å²) in [6, 6.07) is 6.15. The summed E-state index contributed by atoms with van der Waals surface area (Å²) in [5.41, 5.74) is 2.23. The Bertz CT molecular complexity index is 738. The third-order valence-corrected chi connectivity index (χ3v) is 4.63. The third-order valence-electron chi connectivity index (χ3n) is 4.63. The zero-order valence-corrected chi connectivity index (χ0v) is 15.7. The Kier molecular flexibility index (Phi) is 7.21. The molecule has 2 N–H and O–H groups in total. The van der Waals surface area contributed by atoms with Gasteiger partial charge in [-0.1, -0.05) is 6.92 Å². The van der Waals surface area contributed by atoms with Gasteiger partial charge in [-0.15, -0.1) is 0 Å². The first-order valence-electron chi connectivity index (χ1n) is 9.12. The van der Waals surface area contributed by atoms with E-state index in [1.54, 1.807) is 6.07 Å². The zero-order chi connectivity index (χ0) is 19.1. The molecule has 0 bridgehead atoms. The second-order valence-electron chi connectivity index (χ2n) is 6.72. The maximum atomic E-state index is 11.1. The maximum Gasteiger partial charge on any atom is 0.303 e. The number of hydrogen-bond acceptors (Lipinski definition) is 4. The number of aromatic nitrogens is 1. The molecule has 0 saturated heterocycles.